The fourth-order valence-corrected chi connectivity index (χ4v) is 2.18. The summed E-state index contributed by atoms with van der Waals surface area (Å²) in [7, 11) is 0. The number of rotatable bonds is 4. The van der Waals surface area contributed by atoms with Crippen molar-refractivity contribution in [2.75, 3.05) is 5.32 Å². The molecule has 0 fully saturated rings. The SMILES string of the molecule is CCc1cccc(C)c1NC(=O)c1ccc(CN)cc1. The summed E-state index contributed by atoms with van der Waals surface area (Å²) in [5, 5.41) is 3.01. The average molecular weight is 268 g/mol. The second-order valence-electron chi connectivity index (χ2n) is 4.82. The van der Waals surface area contributed by atoms with Crippen molar-refractivity contribution in [2.45, 2.75) is 26.8 Å². The van der Waals surface area contributed by atoms with Crippen LogP contribution in [0.1, 0.15) is 34.0 Å². The summed E-state index contributed by atoms with van der Waals surface area (Å²) in [6.07, 6.45) is 0.892. The molecule has 0 spiro atoms. The molecule has 20 heavy (non-hydrogen) atoms. The molecular weight excluding hydrogens is 248 g/mol. The summed E-state index contributed by atoms with van der Waals surface area (Å²) in [4.78, 5) is 12.3. The van der Waals surface area contributed by atoms with Gasteiger partial charge in [0.1, 0.15) is 0 Å². The zero-order valence-electron chi connectivity index (χ0n) is 11.9. The summed E-state index contributed by atoms with van der Waals surface area (Å²) in [5.41, 5.74) is 10.4. The lowest BCUT2D eigenvalue weighted by Gasteiger charge is -2.13. The zero-order valence-corrected chi connectivity index (χ0v) is 11.9. The minimum Gasteiger partial charge on any atom is -0.326 e. The Morgan fingerprint density at radius 2 is 1.85 bits per heavy atom. The Morgan fingerprint density at radius 3 is 2.45 bits per heavy atom. The van der Waals surface area contributed by atoms with Gasteiger partial charge in [0, 0.05) is 17.8 Å². The molecular formula is C17H20N2O. The van der Waals surface area contributed by atoms with E-state index in [2.05, 4.69) is 12.2 Å². The van der Waals surface area contributed by atoms with Crippen LogP contribution in [0.25, 0.3) is 0 Å². The number of nitrogens with one attached hydrogen (secondary N) is 1. The number of carbonyl (C=O) groups is 1. The Morgan fingerprint density at radius 1 is 1.15 bits per heavy atom. The van der Waals surface area contributed by atoms with Crippen LogP contribution in [0.4, 0.5) is 5.69 Å². The Balaban J connectivity index is 2.23. The van der Waals surface area contributed by atoms with Crippen LogP contribution in [0.3, 0.4) is 0 Å². The number of nitrogens with two attached hydrogens (primary N) is 1. The smallest absolute Gasteiger partial charge is 0.255 e. The maximum Gasteiger partial charge on any atom is 0.255 e. The van der Waals surface area contributed by atoms with Gasteiger partial charge in [-0.15, -0.1) is 0 Å². The second-order valence-corrected chi connectivity index (χ2v) is 4.82. The van der Waals surface area contributed by atoms with E-state index in [-0.39, 0.29) is 5.91 Å². The van der Waals surface area contributed by atoms with Gasteiger partial charge in [0.05, 0.1) is 0 Å². The fraction of sp³-hybridized carbons (Fsp3) is 0.235. The maximum absolute atomic E-state index is 12.3. The van der Waals surface area contributed by atoms with Gasteiger partial charge in [0.2, 0.25) is 0 Å². The third kappa shape index (κ3) is 3.06. The first-order valence-electron chi connectivity index (χ1n) is 6.84. The first kappa shape index (κ1) is 14.3. The molecule has 0 saturated carbocycles. The predicted molar refractivity (Wildman–Crippen MR) is 82.8 cm³/mol. The Bertz CT molecular complexity index is 603. The first-order valence-corrected chi connectivity index (χ1v) is 6.84. The van der Waals surface area contributed by atoms with Crippen LogP contribution in [-0.2, 0) is 13.0 Å². The average Bonchev–Trinajstić information content (AvgIpc) is 2.49. The molecule has 0 bridgehead atoms. The van der Waals surface area contributed by atoms with Crippen LogP contribution in [-0.4, -0.2) is 5.91 Å². The molecule has 0 aliphatic heterocycles. The van der Waals surface area contributed by atoms with Crippen molar-refractivity contribution in [1.29, 1.82) is 0 Å². The molecule has 3 heteroatoms. The molecule has 104 valence electrons. The molecule has 0 aromatic heterocycles. The van der Waals surface area contributed by atoms with Gasteiger partial charge < -0.3 is 11.1 Å². The number of benzene rings is 2. The van der Waals surface area contributed by atoms with Crippen molar-refractivity contribution in [2.24, 2.45) is 5.73 Å². The van der Waals surface area contributed by atoms with E-state index in [4.69, 9.17) is 5.73 Å². The van der Waals surface area contributed by atoms with Crippen molar-refractivity contribution in [3.8, 4) is 0 Å². The molecule has 0 unspecified atom stereocenters. The largest absolute Gasteiger partial charge is 0.326 e. The van der Waals surface area contributed by atoms with Crippen LogP contribution >= 0.6 is 0 Å². The van der Waals surface area contributed by atoms with Crippen molar-refractivity contribution in [3.63, 3.8) is 0 Å². The molecule has 3 nitrogen and oxygen atoms in total. The lowest BCUT2D eigenvalue weighted by atomic mass is 10.0. The predicted octanol–water partition coefficient (Wildman–Crippen LogP) is 3.27. The molecule has 1 amide bonds. The molecule has 2 aromatic rings. The third-order valence-electron chi connectivity index (χ3n) is 3.43. The van der Waals surface area contributed by atoms with Crippen molar-refractivity contribution < 1.29 is 4.79 Å². The van der Waals surface area contributed by atoms with Crippen molar-refractivity contribution in [1.82, 2.24) is 0 Å². The van der Waals surface area contributed by atoms with E-state index in [0.29, 0.717) is 12.1 Å². The van der Waals surface area contributed by atoms with E-state index >= 15 is 0 Å². The summed E-state index contributed by atoms with van der Waals surface area (Å²) in [6, 6.07) is 13.4. The monoisotopic (exact) mass is 268 g/mol. The lowest BCUT2D eigenvalue weighted by Crippen LogP contribution is -2.14. The van der Waals surface area contributed by atoms with Gasteiger partial charge in [-0.2, -0.15) is 0 Å². The normalized spacial score (nSPS) is 10.3. The van der Waals surface area contributed by atoms with Crippen LogP contribution in [0.15, 0.2) is 42.5 Å². The van der Waals surface area contributed by atoms with Gasteiger partial charge in [-0.05, 0) is 42.2 Å². The highest BCUT2D eigenvalue weighted by molar-refractivity contribution is 6.05. The van der Waals surface area contributed by atoms with E-state index in [1.807, 2.05) is 37.3 Å². The van der Waals surface area contributed by atoms with Gasteiger partial charge in [-0.3, -0.25) is 4.79 Å². The highest BCUT2D eigenvalue weighted by atomic mass is 16.1. The topological polar surface area (TPSA) is 55.1 Å². The summed E-state index contributed by atoms with van der Waals surface area (Å²) >= 11 is 0. The third-order valence-corrected chi connectivity index (χ3v) is 3.43. The molecule has 0 heterocycles. The number of aryl methyl sites for hydroxylation is 2. The van der Waals surface area contributed by atoms with Crippen LogP contribution in [0, 0.1) is 6.92 Å². The number of hydrogen-bond donors (Lipinski definition) is 2. The minimum absolute atomic E-state index is 0.0856. The van der Waals surface area contributed by atoms with Crippen LogP contribution < -0.4 is 11.1 Å². The van der Waals surface area contributed by atoms with Gasteiger partial charge in [0.15, 0.2) is 0 Å². The Hall–Kier alpha value is -2.13. The molecule has 2 rings (SSSR count). The van der Waals surface area contributed by atoms with E-state index in [1.54, 1.807) is 12.1 Å². The fourth-order valence-electron chi connectivity index (χ4n) is 2.18. The van der Waals surface area contributed by atoms with Gasteiger partial charge >= 0.3 is 0 Å². The van der Waals surface area contributed by atoms with E-state index in [9.17, 15) is 4.79 Å². The minimum atomic E-state index is -0.0856. The van der Waals surface area contributed by atoms with E-state index in [1.165, 1.54) is 0 Å². The molecule has 0 atom stereocenters. The highest BCUT2D eigenvalue weighted by Gasteiger charge is 2.10. The summed E-state index contributed by atoms with van der Waals surface area (Å²) < 4.78 is 0. The van der Waals surface area contributed by atoms with Gasteiger partial charge in [0.25, 0.3) is 5.91 Å². The zero-order chi connectivity index (χ0) is 14.5. The molecule has 0 aliphatic carbocycles. The van der Waals surface area contributed by atoms with Crippen LogP contribution in [0.5, 0.6) is 0 Å². The highest BCUT2D eigenvalue weighted by Crippen LogP contribution is 2.21. The van der Waals surface area contributed by atoms with Crippen molar-refractivity contribution in [3.05, 3.63) is 64.7 Å². The lowest BCUT2D eigenvalue weighted by molar-refractivity contribution is 0.102. The molecule has 2 aromatic carbocycles. The number of amides is 1. The molecule has 0 radical (unpaired) electrons. The summed E-state index contributed by atoms with van der Waals surface area (Å²) in [5.74, 6) is -0.0856. The van der Waals surface area contributed by atoms with Crippen LogP contribution in [0.2, 0.25) is 0 Å². The van der Waals surface area contributed by atoms with E-state index in [0.717, 1.165) is 28.8 Å². The number of carbonyl (C=O) groups excluding carboxylic acids is 1. The number of anilines is 1. The summed E-state index contributed by atoms with van der Waals surface area (Å²) in [6.45, 7) is 4.58. The number of para-hydroxylation sites is 1. The Kier molecular flexibility index (Phi) is 4.53. The number of hydrogen-bond acceptors (Lipinski definition) is 2. The quantitative estimate of drug-likeness (QED) is 0.894. The van der Waals surface area contributed by atoms with Gasteiger partial charge in [-0.25, -0.2) is 0 Å². The maximum atomic E-state index is 12.3. The molecule has 3 N–H and O–H groups in total. The second kappa shape index (κ2) is 6.35. The molecule has 0 saturated heterocycles. The Labute approximate surface area is 119 Å². The first-order chi connectivity index (χ1) is 9.65. The van der Waals surface area contributed by atoms with E-state index < -0.39 is 0 Å². The molecule has 0 aliphatic rings. The standard InChI is InChI=1S/C17H20N2O/c1-3-14-6-4-5-12(2)16(14)19-17(20)15-9-7-13(11-18)8-10-15/h4-10H,3,11,18H2,1-2H3,(H,19,20). The van der Waals surface area contributed by atoms with Crippen molar-refractivity contribution >= 4 is 11.6 Å². The van der Waals surface area contributed by atoms with Gasteiger partial charge in [-0.1, -0.05) is 37.3 Å².